The number of fused-ring (bicyclic) bond motifs is 2. The van der Waals surface area contributed by atoms with Crippen molar-refractivity contribution in [3.63, 3.8) is 0 Å². The number of rotatable bonds is 8. The molecule has 51 heavy (non-hydrogen) atoms. The van der Waals surface area contributed by atoms with Crippen LogP contribution in [0.25, 0.3) is 0 Å². The molecule has 6 aliphatic carbocycles. The van der Waals surface area contributed by atoms with Crippen LogP contribution in [0.2, 0.25) is 24.2 Å². The molecule has 14 atom stereocenters. The van der Waals surface area contributed by atoms with Gasteiger partial charge < -0.3 is 9.47 Å². The molecule has 8 rings (SSSR count). The maximum Gasteiger partial charge on any atom is 0.0608 e. The molecule has 0 radical (unpaired) electrons. The van der Waals surface area contributed by atoms with Gasteiger partial charge in [-0.15, -0.1) is 0 Å². The van der Waals surface area contributed by atoms with Crippen LogP contribution in [0.15, 0.2) is 0 Å². The summed E-state index contributed by atoms with van der Waals surface area (Å²) in [7, 11) is -1.73. The van der Waals surface area contributed by atoms with Gasteiger partial charge in [0.05, 0.1) is 32.5 Å². The Balaban J connectivity index is 1.10. The highest BCUT2D eigenvalue weighted by molar-refractivity contribution is 6.80. The maximum absolute atomic E-state index is 7.03. The van der Waals surface area contributed by atoms with Crippen LogP contribution in [0.3, 0.4) is 0 Å². The lowest BCUT2D eigenvalue weighted by Crippen LogP contribution is -2.50. The molecule has 8 fully saturated rings. The topological polar surface area (TPSA) is 18.5 Å². The quantitative estimate of drug-likeness (QED) is 0.232. The first-order chi connectivity index (χ1) is 24.5. The monoisotopic (exact) mass is 721 g/mol. The molecule has 2 nitrogen and oxygen atoms in total. The highest BCUT2D eigenvalue weighted by Gasteiger charge is 2.64. The van der Waals surface area contributed by atoms with E-state index in [1.165, 1.54) is 103 Å². The summed E-state index contributed by atoms with van der Waals surface area (Å²) >= 11 is 0. The predicted octanol–water partition coefficient (Wildman–Crippen LogP) is 13.6. The lowest BCUT2D eigenvalue weighted by atomic mass is 9.63. The van der Waals surface area contributed by atoms with E-state index in [9.17, 15) is 0 Å². The van der Waals surface area contributed by atoms with Crippen LogP contribution in [0.5, 0.6) is 0 Å². The number of ether oxygens (including phenoxy) is 2. The van der Waals surface area contributed by atoms with E-state index in [0.717, 1.165) is 93.9 Å². The Morgan fingerprint density at radius 2 is 0.784 bits per heavy atom. The predicted molar refractivity (Wildman–Crippen MR) is 218 cm³/mol. The van der Waals surface area contributed by atoms with Crippen molar-refractivity contribution in [1.82, 2.24) is 0 Å². The summed E-state index contributed by atoms with van der Waals surface area (Å²) in [6.07, 6.45) is 31.9. The molecular formula is C48H84O2Si. The summed E-state index contributed by atoms with van der Waals surface area (Å²) in [4.78, 5) is 0. The van der Waals surface area contributed by atoms with E-state index in [4.69, 9.17) is 9.47 Å². The van der Waals surface area contributed by atoms with Gasteiger partial charge in [-0.2, -0.15) is 0 Å². The Bertz CT molecular complexity index is 1050. The zero-order valence-corrected chi connectivity index (χ0v) is 36.0. The third-order valence-corrected chi connectivity index (χ3v) is 24.4. The van der Waals surface area contributed by atoms with Crippen LogP contribution in [-0.4, -0.2) is 32.5 Å². The van der Waals surface area contributed by atoms with Gasteiger partial charge in [-0.25, -0.2) is 0 Å². The van der Waals surface area contributed by atoms with Crippen LogP contribution < -0.4 is 0 Å². The van der Waals surface area contributed by atoms with Gasteiger partial charge in [0.15, 0.2) is 0 Å². The van der Waals surface area contributed by atoms with Gasteiger partial charge in [0, 0.05) is 0 Å². The minimum absolute atomic E-state index is 0.479. The molecule has 2 aliphatic heterocycles. The van der Waals surface area contributed by atoms with E-state index in [1.807, 2.05) is 0 Å². The molecule has 0 amide bonds. The Morgan fingerprint density at radius 3 is 1.12 bits per heavy atom. The van der Waals surface area contributed by atoms with Crippen LogP contribution in [0, 0.1) is 82.9 Å². The molecule has 2 heterocycles. The standard InChI is InChI=1S/C48H84O2Si/c1-29(2)33-17-21-35(22-18-33)37-11-9-13-39-41(37)27-43(45-25-15-31(5)49-45)47(39)51(7,8)48-40-14-10-12-38(36-23-19-34(20-24-36)30(3)4)42(40)28-44(48)46-26-16-32(6)50-46/h29-48H,9-28H2,1-8H3. The van der Waals surface area contributed by atoms with Crippen molar-refractivity contribution in [2.45, 2.75) is 219 Å². The SMILES string of the molecule is CC1CCC(C2CC3C(C4CCC(C(C)C)CC4)CCCC3C2[Si](C)(C)C2C(C3CCC(C)O3)CC3C(C4CCC(C(C)C)CC4)CCCC32)O1. The van der Waals surface area contributed by atoms with Gasteiger partial charge >= 0.3 is 0 Å². The van der Waals surface area contributed by atoms with Crippen molar-refractivity contribution in [3.8, 4) is 0 Å². The molecular weight excluding hydrogens is 637 g/mol. The molecule has 2 saturated heterocycles. The fourth-order valence-corrected chi connectivity index (χ4v) is 23.3. The van der Waals surface area contributed by atoms with Crippen LogP contribution in [-0.2, 0) is 9.47 Å². The van der Waals surface area contributed by atoms with Crippen molar-refractivity contribution < 1.29 is 9.47 Å². The second-order valence-electron chi connectivity index (χ2n) is 22.5. The lowest BCUT2D eigenvalue weighted by molar-refractivity contribution is 0.0144. The first-order valence-corrected chi connectivity index (χ1v) is 27.0. The Kier molecular flexibility index (Phi) is 11.6. The third kappa shape index (κ3) is 7.30. The van der Waals surface area contributed by atoms with Crippen molar-refractivity contribution in [2.24, 2.45) is 82.9 Å². The molecule has 0 aromatic carbocycles. The van der Waals surface area contributed by atoms with Gasteiger partial charge in [0.25, 0.3) is 0 Å². The minimum atomic E-state index is -1.73. The first-order valence-electron chi connectivity index (χ1n) is 23.8. The molecule has 6 saturated carbocycles. The summed E-state index contributed by atoms with van der Waals surface area (Å²) < 4.78 is 14.1. The largest absolute Gasteiger partial charge is 0.375 e. The molecule has 0 bridgehead atoms. The first kappa shape index (κ1) is 38.0. The van der Waals surface area contributed by atoms with Crippen molar-refractivity contribution >= 4 is 8.07 Å². The fourth-order valence-electron chi connectivity index (χ4n) is 17.0. The Labute approximate surface area is 317 Å². The molecule has 14 unspecified atom stereocenters. The maximum atomic E-state index is 7.03. The summed E-state index contributed by atoms with van der Waals surface area (Å²) in [6.45, 7) is 20.8. The van der Waals surface area contributed by atoms with Crippen LogP contribution >= 0.6 is 0 Å². The van der Waals surface area contributed by atoms with E-state index >= 15 is 0 Å². The van der Waals surface area contributed by atoms with Crippen molar-refractivity contribution in [1.29, 1.82) is 0 Å². The van der Waals surface area contributed by atoms with Gasteiger partial charge in [-0.1, -0.05) is 66.5 Å². The summed E-state index contributed by atoms with van der Waals surface area (Å²) in [5.41, 5.74) is 1.94. The zero-order chi connectivity index (χ0) is 35.6. The van der Waals surface area contributed by atoms with Crippen molar-refractivity contribution in [2.75, 3.05) is 0 Å². The molecule has 8 aliphatic rings. The molecule has 0 aromatic heterocycles. The molecule has 0 aromatic rings. The van der Waals surface area contributed by atoms with Crippen molar-refractivity contribution in [3.05, 3.63) is 0 Å². The lowest BCUT2D eigenvalue weighted by Gasteiger charge is -2.51. The second kappa shape index (κ2) is 15.6. The van der Waals surface area contributed by atoms with Gasteiger partial charge in [-0.05, 0) is 211 Å². The molecule has 292 valence electrons. The van der Waals surface area contributed by atoms with E-state index < -0.39 is 8.07 Å². The zero-order valence-electron chi connectivity index (χ0n) is 35.0. The van der Waals surface area contributed by atoms with E-state index in [2.05, 4.69) is 54.6 Å². The van der Waals surface area contributed by atoms with Crippen LogP contribution in [0.1, 0.15) is 170 Å². The smallest absolute Gasteiger partial charge is 0.0608 e. The second-order valence-corrected chi connectivity index (χ2v) is 27.5. The summed E-state index contributed by atoms with van der Waals surface area (Å²) in [5.74, 6) is 13.4. The Hall–Kier alpha value is 0.137. The van der Waals surface area contributed by atoms with Gasteiger partial charge in [-0.3, -0.25) is 0 Å². The minimum Gasteiger partial charge on any atom is -0.375 e. The van der Waals surface area contributed by atoms with Crippen LogP contribution in [0.4, 0.5) is 0 Å². The van der Waals surface area contributed by atoms with E-state index in [-0.39, 0.29) is 0 Å². The average Bonchev–Trinajstić information content (AvgIpc) is 3.92. The summed E-state index contributed by atoms with van der Waals surface area (Å²) in [6, 6.07) is 0. The molecule has 3 heteroatoms. The average molecular weight is 721 g/mol. The normalized spacial score (nSPS) is 50.9. The fraction of sp³-hybridized carbons (Fsp3) is 1.00. The van der Waals surface area contributed by atoms with Gasteiger partial charge in [0.1, 0.15) is 0 Å². The number of hydrogen-bond donors (Lipinski definition) is 0. The molecule has 0 N–H and O–H groups in total. The highest BCUT2D eigenvalue weighted by Crippen LogP contribution is 2.69. The third-order valence-electron chi connectivity index (χ3n) is 19.2. The van der Waals surface area contributed by atoms with Gasteiger partial charge in [0.2, 0.25) is 0 Å². The number of hydrogen-bond acceptors (Lipinski definition) is 2. The molecule has 0 spiro atoms. The van der Waals surface area contributed by atoms with E-state index in [0.29, 0.717) is 24.4 Å². The highest BCUT2D eigenvalue weighted by atomic mass is 28.3. The Morgan fingerprint density at radius 1 is 0.412 bits per heavy atom. The summed E-state index contributed by atoms with van der Waals surface area (Å²) in [5, 5.41) is 0. The van der Waals surface area contributed by atoms with E-state index in [1.54, 1.807) is 25.7 Å².